The number of hydrogen-bond acceptors (Lipinski definition) is 6. The largest absolute Gasteiger partial charge is 0.449 e. The summed E-state index contributed by atoms with van der Waals surface area (Å²) in [6, 6.07) is 27.6. The molecule has 0 N–H and O–H groups in total. The minimum atomic E-state index is -3.82. The molecule has 2 unspecified atom stereocenters. The van der Waals surface area contributed by atoms with E-state index in [0.29, 0.717) is 17.5 Å². The van der Waals surface area contributed by atoms with Crippen LogP contribution in [0.25, 0.3) is 0 Å². The Kier molecular flexibility index (Phi) is 7.32. The second-order valence-electron chi connectivity index (χ2n) is 8.73. The summed E-state index contributed by atoms with van der Waals surface area (Å²) < 4.78 is 34.5. The Morgan fingerprint density at radius 1 is 0.892 bits per heavy atom. The molecular formula is C29H25NO5S2. The van der Waals surface area contributed by atoms with E-state index in [1.54, 1.807) is 66.0 Å². The molecule has 8 heteroatoms. The first-order valence-corrected chi connectivity index (χ1v) is 14.2. The van der Waals surface area contributed by atoms with E-state index in [-0.39, 0.29) is 23.0 Å². The average Bonchev–Trinajstić information content (AvgIpc) is 3.49. The maximum absolute atomic E-state index is 13.5. The number of thiophene rings is 1. The normalized spacial score (nSPS) is 16.5. The average molecular weight is 532 g/mol. The Morgan fingerprint density at radius 3 is 2.27 bits per heavy atom. The first-order chi connectivity index (χ1) is 17.9. The van der Waals surface area contributed by atoms with Crippen molar-refractivity contribution < 1.29 is 22.7 Å². The first-order valence-electron chi connectivity index (χ1n) is 11.9. The summed E-state index contributed by atoms with van der Waals surface area (Å²) >= 11 is 1.14. The molecule has 0 amide bonds. The third kappa shape index (κ3) is 5.27. The van der Waals surface area contributed by atoms with Crippen LogP contribution in [0.3, 0.4) is 0 Å². The molecule has 6 nitrogen and oxygen atoms in total. The molecule has 1 aliphatic rings. The van der Waals surface area contributed by atoms with E-state index < -0.39 is 28.1 Å². The molecule has 37 heavy (non-hydrogen) atoms. The van der Waals surface area contributed by atoms with E-state index in [2.05, 4.69) is 0 Å². The maximum Gasteiger partial charge on any atom is 0.308 e. The van der Waals surface area contributed by atoms with E-state index in [1.165, 1.54) is 4.31 Å². The standard InChI is InChI=1S/C29H25NO5S2/c31-26(35-29(23-13-5-2-6-14-23)28(32)22-11-3-1-4-12-22)20-25-24-15-8-7-10-21(24)17-18-30(25)37(33,34)27-16-9-19-36-27/h1-16,19,25,29H,17-18,20H2. The molecule has 4 aromatic rings. The van der Waals surface area contributed by atoms with Gasteiger partial charge in [-0.25, -0.2) is 8.42 Å². The van der Waals surface area contributed by atoms with E-state index >= 15 is 0 Å². The van der Waals surface area contributed by atoms with Crippen molar-refractivity contribution in [3.8, 4) is 0 Å². The van der Waals surface area contributed by atoms with Crippen molar-refractivity contribution in [1.82, 2.24) is 4.31 Å². The van der Waals surface area contributed by atoms with Crippen LogP contribution in [0, 0.1) is 0 Å². The van der Waals surface area contributed by atoms with Gasteiger partial charge in [0, 0.05) is 17.7 Å². The van der Waals surface area contributed by atoms with Crippen LogP contribution < -0.4 is 0 Å². The molecule has 0 saturated heterocycles. The quantitative estimate of drug-likeness (QED) is 0.219. The third-order valence-electron chi connectivity index (χ3n) is 6.43. The SMILES string of the molecule is O=C(CC1c2ccccc2CCN1S(=O)(=O)c1cccs1)OC(C(=O)c1ccccc1)c1ccccc1. The zero-order valence-electron chi connectivity index (χ0n) is 19.9. The molecule has 1 aromatic heterocycles. The summed E-state index contributed by atoms with van der Waals surface area (Å²) in [7, 11) is -3.82. The van der Waals surface area contributed by atoms with Crippen LogP contribution >= 0.6 is 11.3 Å². The van der Waals surface area contributed by atoms with Crippen molar-refractivity contribution in [2.75, 3.05) is 6.54 Å². The fraction of sp³-hybridized carbons (Fsp3) is 0.172. The lowest BCUT2D eigenvalue weighted by atomic mass is 9.92. The van der Waals surface area contributed by atoms with Crippen LogP contribution in [0.5, 0.6) is 0 Å². The molecule has 2 heterocycles. The highest BCUT2D eigenvalue weighted by Gasteiger charge is 2.39. The zero-order valence-corrected chi connectivity index (χ0v) is 21.5. The summed E-state index contributed by atoms with van der Waals surface area (Å²) in [4.78, 5) is 26.8. The number of carbonyl (C=O) groups excluding carboxylic acids is 2. The number of Topliss-reactive ketones (excluding diaryl/α,β-unsaturated/α-hetero) is 1. The molecule has 0 aliphatic carbocycles. The van der Waals surface area contributed by atoms with Gasteiger partial charge in [-0.3, -0.25) is 9.59 Å². The molecule has 0 spiro atoms. The number of rotatable bonds is 8. The number of benzene rings is 3. The van der Waals surface area contributed by atoms with Gasteiger partial charge in [-0.2, -0.15) is 4.31 Å². The lowest BCUT2D eigenvalue weighted by Gasteiger charge is -2.35. The van der Waals surface area contributed by atoms with Gasteiger partial charge in [0.2, 0.25) is 5.78 Å². The lowest BCUT2D eigenvalue weighted by molar-refractivity contribution is -0.148. The number of ketones is 1. The Labute approximate surface area is 220 Å². The number of fused-ring (bicyclic) bond motifs is 1. The van der Waals surface area contributed by atoms with Crippen LogP contribution in [0.15, 0.2) is 107 Å². The minimum Gasteiger partial charge on any atom is -0.449 e. The highest BCUT2D eigenvalue weighted by Crippen LogP contribution is 2.38. The fourth-order valence-electron chi connectivity index (χ4n) is 4.65. The monoisotopic (exact) mass is 531 g/mol. The molecule has 188 valence electrons. The second-order valence-corrected chi connectivity index (χ2v) is 11.8. The number of hydrogen-bond donors (Lipinski definition) is 0. The number of nitrogens with zero attached hydrogens (tertiary/aromatic N) is 1. The Hall–Kier alpha value is -3.59. The van der Waals surface area contributed by atoms with E-state index in [0.717, 1.165) is 22.5 Å². The van der Waals surface area contributed by atoms with Crippen molar-refractivity contribution >= 4 is 33.1 Å². The van der Waals surface area contributed by atoms with Gasteiger partial charge in [-0.15, -0.1) is 11.3 Å². The van der Waals surface area contributed by atoms with E-state index in [9.17, 15) is 18.0 Å². The maximum atomic E-state index is 13.5. The number of esters is 1. The second kappa shape index (κ2) is 10.8. The van der Waals surface area contributed by atoms with Gasteiger partial charge in [0.15, 0.2) is 6.10 Å². The van der Waals surface area contributed by atoms with Crippen LogP contribution in [0.2, 0.25) is 0 Å². The zero-order chi connectivity index (χ0) is 25.8. The van der Waals surface area contributed by atoms with E-state index in [1.807, 2.05) is 36.4 Å². The summed E-state index contributed by atoms with van der Waals surface area (Å²) in [5.41, 5.74) is 2.75. The van der Waals surface area contributed by atoms with Crippen molar-refractivity contribution in [3.05, 3.63) is 125 Å². The third-order valence-corrected chi connectivity index (χ3v) is 9.71. The smallest absolute Gasteiger partial charge is 0.308 e. The Bertz CT molecular complexity index is 1490. The van der Waals surface area contributed by atoms with Gasteiger partial charge in [0.05, 0.1) is 12.5 Å². The number of carbonyl (C=O) groups is 2. The molecule has 2 atom stereocenters. The minimum absolute atomic E-state index is 0.215. The van der Waals surface area contributed by atoms with E-state index in [4.69, 9.17) is 4.74 Å². The Balaban J connectivity index is 1.46. The Morgan fingerprint density at radius 2 is 1.57 bits per heavy atom. The summed E-state index contributed by atoms with van der Waals surface area (Å²) in [6.07, 6.45) is -0.810. The molecule has 0 fully saturated rings. The highest BCUT2D eigenvalue weighted by molar-refractivity contribution is 7.91. The topological polar surface area (TPSA) is 80.8 Å². The summed E-state index contributed by atoms with van der Waals surface area (Å²) in [6.45, 7) is 0.250. The van der Waals surface area contributed by atoms with Gasteiger partial charge in [0.1, 0.15) is 4.21 Å². The van der Waals surface area contributed by atoms with Gasteiger partial charge >= 0.3 is 5.97 Å². The van der Waals surface area contributed by atoms with Gasteiger partial charge in [-0.1, -0.05) is 91.0 Å². The lowest BCUT2D eigenvalue weighted by Crippen LogP contribution is -2.41. The first kappa shape index (κ1) is 25.1. The van der Waals surface area contributed by atoms with Crippen molar-refractivity contribution in [3.63, 3.8) is 0 Å². The van der Waals surface area contributed by atoms with Gasteiger partial charge < -0.3 is 4.74 Å². The van der Waals surface area contributed by atoms with Gasteiger partial charge in [-0.05, 0) is 29.0 Å². The number of sulfonamides is 1. The van der Waals surface area contributed by atoms with Crippen molar-refractivity contribution in [2.45, 2.75) is 29.2 Å². The molecule has 0 saturated carbocycles. The summed E-state index contributed by atoms with van der Waals surface area (Å²) in [5, 5.41) is 1.72. The molecular weight excluding hydrogens is 506 g/mol. The van der Waals surface area contributed by atoms with Gasteiger partial charge in [0.25, 0.3) is 10.0 Å². The van der Waals surface area contributed by atoms with Crippen LogP contribution in [-0.4, -0.2) is 31.0 Å². The molecule has 0 radical (unpaired) electrons. The fourth-order valence-corrected chi connectivity index (χ4v) is 7.37. The van der Waals surface area contributed by atoms with Crippen LogP contribution in [0.4, 0.5) is 0 Å². The molecule has 5 rings (SSSR count). The molecule has 1 aliphatic heterocycles. The van der Waals surface area contributed by atoms with Crippen molar-refractivity contribution in [1.29, 1.82) is 0 Å². The molecule has 3 aromatic carbocycles. The molecule has 0 bridgehead atoms. The van der Waals surface area contributed by atoms with Crippen LogP contribution in [-0.2, 0) is 26.0 Å². The van der Waals surface area contributed by atoms with Crippen molar-refractivity contribution in [2.24, 2.45) is 0 Å². The van der Waals surface area contributed by atoms with Crippen LogP contribution in [0.1, 0.15) is 45.6 Å². The number of ether oxygens (including phenoxy) is 1. The predicted octanol–water partition coefficient (Wildman–Crippen LogP) is 5.59. The highest BCUT2D eigenvalue weighted by atomic mass is 32.2. The summed E-state index contributed by atoms with van der Waals surface area (Å²) in [5.74, 6) is -0.988. The predicted molar refractivity (Wildman–Crippen MR) is 142 cm³/mol.